The third kappa shape index (κ3) is 6.28. The molecule has 0 unspecified atom stereocenters. The summed E-state index contributed by atoms with van der Waals surface area (Å²) in [4.78, 5) is 22.4. The summed E-state index contributed by atoms with van der Waals surface area (Å²) in [5.74, 6) is 0.0358. The zero-order valence-corrected chi connectivity index (χ0v) is 21.4. The minimum absolute atomic E-state index is 0.00865. The van der Waals surface area contributed by atoms with Gasteiger partial charge in [-0.1, -0.05) is 58.0 Å². The van der Waals surface area contributed by atoms with E-state index in [1.807, 2.05) is 0 Å². The molecule has 35 heavy (non-hydrogen) atoms. The molecule has 0 saturated carbocycles. The summed E-state index contributed by atoms with van der Waals surface area (Å²) in [7, 11) is 1.49. The van der Waals surface area contributed by atoms with E-state index in [1.165, 1.54) is 37.6 Å². The van der Waals surface area contributed by atoms with Crippen molar-refractivity contribution in [2.75, 3.05) is 7.11 Å². The fourth-order valence-corrected chi connectivity index (χ4v) is 4.05. The number of nitro groups is 1. The van der Waals surface area contributed by atoms with Crippen molar-refractivity contribution in [3.05, 3.63) is 94.4 Å². The zero-order chi connectivity index (χ0) is 25.7. The molecule has 8 nitrogen and oxygen atoms in total. The van der Waals surface area contributed by atoms with Gasteiger partial charge in [-0.15, -0.1) is 0 Å². The second-order valence-corrected chi connectivity index (χ2v) is 8.65. The summed E-state index contributed by atoms with van der Waals surface area (Å²) in [6, 6.07) is 10.2. The number of carbonyl (C=O) groups is 1. The fourth-order valence-electron chi connectivity index (χ4n) is 2.82. The monoisotopic (exact) mass is 575 g/mol. The van der Waals surface area contributed by atoms with Crippen LogP contribution in [0.15, 0.2) is 47.6 Å². The van der Waals surface area contributed by atoms with Crippen molar-refractivity contribution in [3.63, 3.8) is 0 Å². The van der Waals surface area contributed by atoms with Crippen LogP contribution in [-0.2, 0) is 6.61 Å². The van der Waals surface area contributed by atoms with E-state index in [9.17, 15) is 14.9 Å². The number of ether oxygens (including phenoxy) is 2. The predicted octanol–water partition coefficient (Wildman–Crippen LogP) is 7.21. The molecule has 0 saturated heterocycles. The number of benzene rings is 3. The minimum Gasteiger partial charge on any atom is -0.496 e. The Labute approximate surface area is 224 Å². The molecule has 0 spiro atoms. The Kier molecular flexibility index (Phi) is 9.04. The van der Waals surface area contributed by atoms with Gasteiger partial charge in [-0.3, -0.25) is 14.9 Å². The summed E-state index contributed by atoms with van der Waals surface area (Å²) in [5.41, 5.74) is 3.66. The van der Waals surface area contributed by atoms with Crippen LogP contribution < -0.4 is 14.9 Å². The SMILES string of the molecule is COc1ccc(/C=N\NC(=O)c2ccc([N+](=O)[O-])cc2)cc1COc1c(Cl)c(Cl)c(Cl)c(Cl)c1Cl. The van der Waals surface area contributed by atoms with Gasteiger partial charge < -0.3 is 9.47 Å². The highest BCUT2D eigenvalue weighted by atomic mass is 35.5. The van der Waals surface area contributed by atoms with Crippen LogP contribution >= 0.6 is 58.0 Å². The molecule has 3 aromatic carbocycles. The second kappa shape index (κ2) is 11.8. The van der Waals surface area contributed by atoms with E-state index in [-0.39, 0.29) is 48.7 Å². The Bertz CT molecular complexity index is 1290. The lowest BCUT2D eigenvalue weighted by Crippen LogP contribution is -2.17. The quantitative estimate of drug-likeness (QED) is 0.100. The lowest BCUT2D eigenvalue weighted by atomic mass is 10.1. The molecule has 0 aromatic heterocycles. The number of hydrogen-bond acceptors (Lipinski definition) is 6. The number of rotatable bonds is 8. The van der Waals surface area contributed by atoms with Crippen LogP contribution in [0.1, 0.15) is 21.5 Å². The number of hydrazone groups is 1. The van der Waals surface area contributed by atoms with E-state index in [4.69, 9.17) is 67.5 Å². The third-order valence-electron chi connectivity index (χ3n) is 4.57. The molecule has 0 aliphatic carbocycles. The van der Waals surface area contributed by atoms with Gasteiger partial charge in [0.25, 0.3) is 11.6 Å². The molecule has 0 fully saturated rings. The molecule has 1 N–H and O–H groups in total. The van der Waals surface area contributed by atoms with Crippen LogP contribution in [0.4, 0.5) is 5.69 Å². The molecule has 0 bridgehead atoms. The maximum absolute atomic E-state index is 12.2. The number of nitrogens with one attached hydrogen (secondary N) is 1. The first-order valence-corrected chi connectivity index (χ1v) is 11.4. The maximum atomic E-state index is 12.2. The van der Waals surface area contributed by atoms with Crippen molar-refractivity contribution < 1.29 is 19.2 Å². The minimum atomic E-state index is -0.553. The van der Waals surface area contributed by atoms with Crippen molar-refractivity contribution in [2.45, 2.75) is 6.61 Å². The van der Waals surface area contributed by atoms with E-state index in [0.717, 1.165) is 0 Å². The number of amides is 1. The molecule has 3 rings (SSSR count). The Hall–Kier alpha value is -2.75. The Morgan fingerprint density at radius 1 is 1.00 bits per heavy atom. The number of halogens is 5. The molecule has 0 heterocycles. The Morgan fingerprint density at radius 2 is 1.60 bits per heavy atom. The molecule has 13 heteroatoms. The number of non-ortho nitro benzene ring substituents is 1. The van der Waals surface area contributed by atoms with E-state index < -0.39 is 10.8 Å². The molecule has 0 aliphatic rings. The summed E-state index contributed by atoms with van der Waals surface area (Å²) in [5, 5.41) is 14.7. The molecule has 3 aromatic rings. The van der Waals surface area contributed by atoms with Gasteiger partial charge in [-0.2, -0.15) is 5.10 Å². The molecule has 1 amide bonds. The van der Waals surface area contributed by atoms with Crippen LogP contribution in [0, 0.1) is 10.1 Å². The van der Waals surface area contributed by atoms with Crippen molar-refractivity contribution >= 4 is 75.8 Å². The van der Waals surface area contributed by atoms with Gasteiger partial charge in [-0.25, -0.2) is 5.43 Å². The molecular weight excluding hydrogens is 564 g/mol. The normalized spacial score (nSPS) is 10.9. The van der Waals surface area contributed by atoms with E-state index in [2.05, 4.69) is 10.5 Å². The van der Waals surface area contributed by atoms with Gasteiger partial charge in [0.1, 0.15) is 22.4 Å². The summed E-state index contributed by atoms with van der Waals surface area (Å²) >= 11 is 30.6. The second-order valence-electron chi connectivity index (χ2n) is 6.76. The predicted molar refractivity (Wildman–Crippen MR) is 137 cm³/mol. The number of nitro benzene ring substituents is 1. The molecular formula is C22H14Cl5N3O5. The van der Waals surface area contributed by atoms with Crippen LogP contribution in [0.5, 0.6) is 11.5 Å². The Balaban J connectivity index is 1.74. The van der Waals surface area contributed by atoms with Gasteiger partial charge in [0.05, 0.1) is 33.3 Å². The fraction of sp³-hybridized carbons (Fsp3) is 0.0909. The van der Waals surface area contributed by atoms with Crippen LogP contribution in [-0.4, -0.2) is 24.2 Å². The average molecular weight is 578 g/mol. The molecule has 0 aliphatic heterocycles. The van der Waals surface area contributed by atoms with Crippen molar-refractivity contribution in [2.24, 2.45) is 5.10 Å². The van der Waals surface area contributed by atoms with E-state index in [0.29, 0.717) is 16.9 Å². The van der Waals surface area contributed by atoms with Crippen LogP contribution in [0.25, 0.3) is 0 Å². The number of hydrogen-bond donors (Lipinski definition) is 1. The van der Waals surface area contributed by atoms with Crippen molar-refractivity contribution in [1.29, 1.82) is 0 Å². The van der Waals surface area contributed by atoms with E-state index >= 15 is 0 Å². The molecule has 0 radical (unpaired) electrons. The summed E-state index contributed by atoms with van der Waals surface area (Å²) in [6.45, 7) is -0.0201. The Morgan fingerprint density at radius 3 is 2.17 bits per heavy atom. The number of carbonyl (C=O) groups excluding carboxylic acids is 1. The van der Waals surface area contributed by atoms with Crippen LogP contribution in [0.2, 0.25) is 25.1 Å². The lowest BCUT2D eigenvalue weighted by molar-refractivity contribution is -0.384. The number of nitrogens with zero attached hydrogens (tertiary/aromatic N) is 2. The van der Waals surface area contributed by atoms with Gasteiger partial charge in [0, 0.05) is 23.3 Å². The maximum Gasteiger partial charge on any atom is 0.271 e. The first-order chi connectivity index (χ1) is 16.6. The third-order valence-corrected chi connectivity index (χ3v) is 6.81. The largest absolute Gasteiger partial charge is 0.496 e. The highest BCUT2D eigenvalue weighted by Gasteiger charge is 2.21. The topological polar surface area (TPSA) is 103 Å². The molecule has 182 valence electrons. The first kappa shape index (κ1) is 26.8. The standard InChI is InChI=1S/C22H14Cl5N3O5/c1-34-15-7-2-11(9-28-29-22(31)12-3-5-14(6-4-12)30(32)33)8-13(15)10-35-21-19(26)17(24)16(23)18(25)20(21)27/h2-9H,10H2,1H3,(H,29,31)/b28-9-. The van der Waals surface area contributed by atoms with Crippen molar-refractivity contribution in [3.8, 4) is 11.5 Å². The van der Waals surface area contributed by atoms with Gasteiger partial charge >= 0.3 is 0 Å². The van der Waals surface area contributed by atoms with E-state index in [1.54, 1.807) is 18.2 Å². The smallest absolute Gasteiger partial charge is 0.271 e. The van der Waals surface area contributed by atoms with Crippen molar-refractivity contribution in [1.82, 2.24) is 5.43 Å². The average Bonchev–Trinajstić information content (AvgIpc) is 2.86. The first-order valence-electron chi connectivity index (χ1n) is 9.53. The van der Waals surface area contributed by atoms with Crippen LogP contribution in [0.3, 0.4) is 0 Å². The highest BCUT2D eigenvalue weighted by molar-refractivity contribution is 6.55. The number of methoxy groups -OCH3 is 1. The zero-order valence-electron chi connectivity index (χ0n) is 17.7. The van der Waals surface area contributed by atoms with Gasteiger partial charge in [0.2, 0.25) is 0 Å². The summed E-state index contributed by atoms with van der Waals surface area (Å²) in [6.07, 6.45) is 1.40. The van der Waals surface area contributed by atoms with Gasteiger partial charge in [0.15, 0.2) is 5.75 Å². The highest BCUT2D eigenvalue weighted by Crippen LogP contribution is 2.48. The molecule has 0 atom stereocenters. The van der Waals surface area contributed by atoms with Gasteiger partial charge in [-0.05, 0) is 35.9 Å². The lowest BCUT2D eigenvalue weighted by Gasteiger charge is -2.15. The summed E-state index contributed by atoms with van der Waals surface area (Å²) < 4.78 is 11.1.